The van der Waals surface area contributed by atoms with Crippen LogP contribution in [0.2, 0.25) is 0 Å². The Hall–Kier alpha value is -1.64. The molecule has 2 nitrogen and oxygen atoms in total. The first-order valence-electron chi connectivity index (χ1n) is 9.94. The fourth-order valence-corrected chi connectivity index (χ4v) is 3.38. The number of rotatable bonds is 7. The van der Waals surface area contributed by atoms with Gasteiger partial charge in [0.15, 0.2) is 0 Å². The van der Waals surface area contributed by atoms with Gasteiger partial charge < -0.3 is 5.32 Å². The van der Waals surface area contributed by atoms with Gasteiger partial charge in [-0.05, 0) is 56.4 Å². The second kappa shape index (κ2) is 11.8. The number of aryl methyl sites for hydroxylation is 1. The number of nitrogens with one attached hydrogen (secondary N) is 1. The Morgan fingerprint density at radius 3 is 2.00 bits per heavy atom. The maximum absolute atomic E-state index is 3.75. The van der Waals surface area contributed by atoms with Crippen molar-refractivity contribution in [3.63, 3.8) is 0 Å². The predicted molar refractivity (Wildman–Crippen MR) is 109 cm³/mol. The summed E-state index contributed by atoms with van der Waals surface area (Å²) in [7, 11) is 0. The highest BCUT2D eigenvalue weighted by atomic mass is 15.1. The molecule has 1 saturated heterocycles. The summed E-state index contributed by atoms with van der Waals surface area (Å²) < 4.78 is 0. The van der Waals surface area contributed by atoms with Crippen molar-refractivity contribution in [2.24, 2.45) is 0 Å². The fraction of sp³-hybridized carbons (Fsp3) is 0.478. The molecule has 0 aromatic heterocycles. The lowest BCUT2D eigenvalue weighted by Crippen LogP contribution is -2.42. The lowest BCUT2D eigenvalue weighted by Gasteiger charge is -2.32. The van der Waals surface area contributed by atoms with Crippen LogP contribution in [0.5, 0.6) is 0 Å². The molecule has 0 aliphatic carbocycles. The molecule has 2 aromatic rings. The number of hydrogen-bond acceptors (Lipinski definition) is 2. The van der Waals surface area contributed by atoms with Gasteiger partial charge in [-0.2, -0.15) is 0 Å². The molecule has 1 fully saturated rings. The van der Waals surface area contributed by atoms with E-state index in [-0.39, 0.29) is 0 Å². The summed E-state index contributed by atoms with van der Waals surface area (Å²) in [6.45, 7) is 8.66. The SMILES string of the molecule is CC.c1ccc(CCCNC2CCN(Cc3ccccc3)CC2)cc1. The summed E-state index contributed by atoms with van der Waals surface area (Å²) >= 11 is 0. The maximum Gasteiger partial charge on any atom is 0.0233 e. The molecule has 1 N–H and O–H groups in total. The molecule has 1 heterocycles. The van der Waals surface area contributed by atoms with Crippen LogP contribution in [-0.2, 0) is 13.0 Å². The van der Waals surface area contributed by atoms with Crippen LogP contribution < -0.4 is 5.32 Å². The molecule has 0 amide bonds. The largest absolute Gasteiger partial charge is 0.314 e. The molecule has 1 aliphatic heterocycles. The van der Waals surface area contributed by atoms with Crippen LogP contribution in [0.15, 0.2) is 60.7 Å². The summed E-state index contributed by atoms with van der Waals surface area (Å²) in [5.41, 5.74) is 2.88. The van der Waals surface area contributed by atoms with E-state index in [0.29, 0.717) is 6.04 Å². The molecule has 0 saturated carbocycles. The molecular weight excluding hydrogens is 304 g/mol. The van der Waals surface area contributed by atoms with E-state index in [2.05, 4.69) is 70.9 Å². The molecule has 0 spiro atoms. The van der Waals surface area contributed by atoms with Crippen molar-refractivity contribution in [2.75, 3.05) is 19.6 Å². The first kappa shape index (κ1) is 19.7. The number of piperidine rings is 1. The second-order valence-corrected chi connectivity index (χ2v) is 6.58. The summed E-state index contributed by atoms with van der Waals surface area (Å²) in [5.74, 6) is 0. The van der Waals surface area contributed by atoms with Crippen molar-refractivity contribution in [1.82, 2.24) is 10.2 Å². The average Bonchev–Trinajstić information content (AvgIpc) is 2.70. The molecule has 136 valence electrons. The third kappa shape index (κ3) is 7.41. The predicted octanol–water partition coefficient (Wildman–Crippen LogP) is 4.90. The van der Waals surface area contributed by atoms with E-state index in [1.165, 1.54) is 49.9 Å². The molecule has 0 atom stereocenters. The molecule has 25 heavy (non-hydrogen) atoms. The number of hydrogen-bond donors (Lipinski definition) is 1. The smallest absolute Gasteiger partial charge is 0.0233 e. The Morgan fingerprint density at radius 1 is 0.840 bits per heavy atom. The lowest BCUT2D eigenvalue weighted by molar-refractivity contribution is 0.190. The van der Waals surface area contributed by atoms with Crippen LogP contribution in [0.4, 0.5) is 0 Å². The van der Waals surface area contributed by atoms with E-state index in [1.54, 1.807) is 0 Å². The Bertz CT molecular complexity index is 542. The molecular formula is C23H34N2. The van der Waals surface area contributed by atoms with E-state index >= 15 is 0 Å². The van der Waals surface area contributed by atoms with Crippen LogP contribution in [-0.4, -0.2) is 30.6 Å². The third-order valence-electron chi connectivity index (χ3n) is 4.75. The van der Waals surface area contributed by atoms with E-state index in [4.69, 9.17) is 0 Å². The minimum atomic E-state index is 0.706. The van der Waals surface area contributed by atoms with Gasteiger partial charge in [0.1, 0.15) is 0 Å². The highest BCUT2D eigenvalue weighted by Gasteiger charge is 2.18. The van der Waals surface area contributed by atoms with Crippen molar-refractivity contribution in [3.8, 4) is 0 Å². The number of benzene rings is 2. The zero-order valence-corrected chi connectivity index (χ0v) is 16.0. The first-order chi connectivity index (χ1) is 12.4. The molecule has 0 bridgehead atoms. The molecule has 2 aromatic carbocycles. The van der Waals surface area contributed by atoms with Gasteiger partial charge in [-0.25, -0.2) is 0 Å². The van der Waals surface area contributed by atoms with E-state index in [0.717, 1.165) is 13.1 Å². The Kier molecular flexibility index (Phi) is 9.32. The van der Waals surface area contributed by atoms with Crippen LogP contribution in [0, 0.1) is 0 Å². The molecule has 0 unspecified atom stereocenters. The first-order valence-corrected chi connectivity index (χ1v) is 9.94. The van der Waals surface area contributed by atoms with E-state index in [9.17, 15) is 0 Å². The summed E-state index contributed by atoms with van der Waals surface area (Å²) in [6.07, 6.45) is 4.96. The highest BCUT2D eigenvalue weighted by molar-refractivity contribution is 5.15. The van der Waals surface area contributed by atoms with Gasteiger partial charge in [-0.15, -0.1) is 0 Å². The fourth-order valence-electron chi connectivity index (χ4n) is 3.38. The van der Waals surface area contributed by atoms with Crippen LogP contribution in [0.25, 0.3) is 0 Å². The normalized spacial score (nSPS) is 15.4. The number of likely N-dealkylation sites (tertiary alicyclic amines) is 1. The van der Waals surface area contributed by atoms with Crippen LogP contribution >= 0.6 is 0 Å². The average molecular weight is 339 g/mol. The third-order valence-corrected chi connectivity index (χ3v) is 4.75. The van der Waals surface area contributed by atoms with E-state index < -0.39 is 0 Å². The number of nitrogens with zero attached hydrogens (tertiary/aromatic N) is 1. The zero-order chi connectivity index (χ0) is 17.7. The van der Waals surface area contributed by atoms with Gasteiger partial charge >= 0.3 is 0 Å². The molecule has 0 radical (unpaired) electrons. The summed E-state index contributed by atoms with van der Waals surface area (Å²) in [4.78, 5) is 2.58. The monoisotopic (exact) mass is 338 g/mol. The van der Waals surface area contributed by atoms with Gasteiger partial charge in [0.05, 0.1) is 0 Å². The minimum Gasteiger partial charge on any atom is -0.314 e. The van der Waals surface area contributed by atoms with Gasteiger partial charge in [0, 0.05) is 12.6 Å². The Balaban J connectivity index is 0.00000109. The second-order valence-electron chi connectivity index (χ2n) is 6.58. The summed E-state index contributed by atoms with van der Waals surface area (Å²) in [6, 6.07) is 22.3. The Morgan fingerprint density at radius 2 is 1.40 bits per heavy atom. The topological polar surface area (TPSA) is 15.3 Å². The lowest BCUT2D eigenvalue weighted by atomic mass is 10.0. The molecule has 3 rings (SSSR count). The molecule has 1 aliphatic rings. The maximum atomic E-state index is 3.75. The minimum absolute atomic E-state index is 0.706. The highest BCUT2D eigenvalue weighted by Crippen LogP contribution is 2.14. The quantitative estimate of drug-likeness (QED) is 0.722. The van der Waals surface area contributed by atoms with Crippen molar-refractivity contribution in [2.45, 2.75) is 52.1 Å². The standard InChI is InChI=1S/C21H28N2.C2H6/c1-3-8-19(9-4-1)12-7-15-22-21-13-16-23(17-14-21)18-20-10-5-2-6-11-20;1-2/h1-6,8-11,21-22H,7,12-18H2;1-2H3. The zero-order valence-electron chi connectivity index (χ0n) is 16.0. The van der Waals surface area contributed by atoms with Crippen molar-refractivity contribution < 1.29 is 0 Å². The van der Waals surface area contributed by atoms with Crippen molar-refractivity contribution in [3.05, 3.63) is 71.8 Å². The van der Waals surface area contributed by atoms with Crippen molar-refractivity contribution >= 4 is 0 Å². The molecule has 2 heteroatoms. The van der Waals surface area contributed by atoms with Gasteiger partial charge in [-0.1, -0.05) is 74.5 Å². The van der Waals surface area contributed by atoms with E-state index in [1.807, 2.05) is 13.8 Å². The van der Waals surface area contributed by atoms with Gasteiger partial charge in [0.25, 0.3) is 0 Å². The van der Waals surface area contributed by atoms with Crippen LogP contribution in [0.3, 0.4) is 0 Å². The Labute approximate surface area is 154 Å². The summed E-state index contributed by atoms with van der Waals surface area (Å²) in [5, 5.41) is 3.75. The van der Waals surface area contributed by atoms with Gasteiger partial charge in [0.2, 0.25) is 0 Å². The van der Waals surface area contributed by atoms with Gasteiger partial charge in [-0.3, -0.25) is 4.90 Å². The van der Waals surface area contributed by atoms with Crippen molar-refractivity contribution in [1.29, 1.82) is 0 Å². The van der Waals surface area contributed by atoms with Crippen LogP contribution in [0.1, 0.15) is 44.2 Å².